The van der Waals surface area contributed by atoms with Crippen molar-refractivity contribution >= 4 is 0 Å². The Kier molecular flexibility index (Phi) is 7.70. The zero-order valence-electron chi connectivity index (χ0n) is 12.2. The third-order valence-corrected chi connectivity index (χ3v) is 3.55. The van der Waals surface area contributed by atoms with Crippen LogP contribution in [0.1, 0.15) is 37.8 Å². The molecule has 0 amide bonds. The van der Waals surface area contributed by atoms with Crippen molar-refractivity contribution in [3.63, 3.8) is 0 Å². The summed E-state index contributed by atoms with van der Waals surface area (Å²) < 4.78 is 0. The quantitative estimate of drug-likeness (QED) is 0.675. The van der Waals surface area contributed by atoms with Crippen molar-refractivity contribution < 1.29 is 0 Å². The maximum Gasteiger partial charge on any atom is 0.0208 e. The summed E-state index contributed by atoms with van der Waals surface area (Å²) in [5.41, 5.74) is 2.80. The van der Waals surface area contributed by atoms with Gasteiger partial charge in [-0.15, -0.1) is 0 Å². The highest BCUT2D eigenvalue weighted by molar-refractivity contribution is 5.25. The summed E-state index contributed by atoms with van der Waals surface area (Å²) in [5.74, 6) is 0. The fourth-order valence-corrected chi connectivity index (χ4v) is 2.16. The van der Waals surface area contributed by atoms with Crippen molar-refractivity contribution in [1.82, 2.24) is 10.2 Å². The van der Waals surface area contributed by atoms with E-state index in [2.05, 4.69) is 55.3 Å². The van der Waals surface area contributed by atoms with E-state index in [4.69, 9.17) is 0 Å². The zero-order chi connectivity index (χ0) is 13.2. The van der Waals surface area contributed by atoms with Crippen molar-refractivity contribution in [3.05, 3.63) is 35.4 Å². The van der Waals surface area contributed by atoms with Gasteiger partial charge in [-0.3, -0.25) is 0 Å². The first-order valence-electron chi connectivity index (χ1n) is 7.25. The van der Waals surface area contributed by atoms with Gasteiger partial charge in [0, 0.05) is 6.54 Å². The van der Waals surface area contributed by atoms with Crippen molar-refractivity contribution in [2.24, 2.45) is 0 Å². The predicted molar refractivity (Wildman–Crippen MR) is 79.9 cm³/mol. The van der Waals surface area contributed by atoms with E-state index in [1.165, 1.54) is 43.6 Å². The molecule has 0 spiro atoms. The molecule has 1 N–H and O–H groups in total. The minimum atomic E-state index is 0.998. The highest BCUT2D eigenvalue weighted by Gasteiger charge is 1.99. The molecule has 0 saturated heterocycles. The lowest BCUT2D eigenvalue weighted by molar-refractivity contribution is 0.296. The Balaban J connectivity index is 2.07. The molecule has 1 aromatic rings. The Morgan fingerprint density at radius 3 is 2.44 bits per heavy atom. The van der Waals surface area contributed by atoms with Gasteiger partial charge in [0.05, 0.1) is 0 Å². The molecule has 0 aliphatic rings. The van der Waals surface area contributed by atoms with Crippen molar-refractivity contribution in [2.75, 3.05) is 26.2 Å². The van der Waals surface area contributed by atoms with Crippen LogP contribution in [0.15, 0.2) is 24.3 Å². The second kappa shape index (κ2) is 9.12. The lowest BCUT2D eigenvalue weighted by atomic mass is 10.1. The molecule has 18 heavy (non-hydrogen) atoms. The molecule has 2 heteroatoms. The minimum absolute atomic E-state index is 0.998. The molecule has 0 aliphatic carbocycles. The summed E-state index contributed by atoms with van der Waals surface area (Å²) >= 11 is 0. The molecule has 0 aromatic heterocycles. The van der Waals surface area contributed by atoms with Gasteiger partial charge in [-0.2, -0.15) is 0 Å². The summed E-state index contributed by atoms with van der Waals surface area (Å²) in [6, 6.07) is 8.60. The van der Waals surface area contributed by atoms with E-state index in [9.17, 15) is 0 Å². The monoisotopic (exact) mass is 248 g/mol. The number of aryl methyl sites for hydroxylation is 1. The summed E-state index contributed by atoms with van der Waals surface area (Å²) in [5, 5.41) is 3.53. The zero-order valence-corrected chi connectivity index (χ0v) is 12.2. The SMILES string of the molecule is CCN(CC)CCCCNCc1ccccc1C. The number of hydrogen-bond donors (Lipinski definition) is 1. The van der Waals surface area contributed by atoms with Crippen LogP contribution >= 0.6 is 0 Å². The average Bonchev–Trinajstić information content (AvgIpc) is 2.40. The van der Waals surface area contributed by atoms with Crippen LogP contribution < -0.4 is 5.32 Å². The van der Waals surface area contributed by atoms with Gasteiger partial charge in [0.15, 0.2) is 0 Å². The number of nitrogens with one attached hydrogen (secondary N) is 1. The van der Waals surface area contributed by atoms with E-state index < -0.39 is 0 Å². The van der Waals surface area contributed by atoms with Gasteiger partial charge in [-0.05, 0) is 57.1 Å². The lowest BCUT2D eigenvalue weighted by Crippen LogP contribution is -2.25. The van der Waals surface area contributed by atoms with Gasteiger partial charge >= 0.3 is 0 Å². The molecule has 0 unspecified atom stereocenters. The van der Waals surface area contributed by atoms with E-state index in [0.29, 0.717) is 0 Å². The Hall–Kier alpha value is -0.860. The Bertz CT molecular complexity index is 319. The first kappa shape index (κ1) is 15.2. The standard InChI is InChI=1S/C16H28N2/c1-4-18(5-2)13-9-8-12-17-14-16-11-7-6-10-15(16)3/h6-7,10-11,17H,4-5,8-9,12-14H2,1-3H3. The third kappa shape index (κ3) is 5.65. The Morgan fingerprint density at radius 2 is 1.78 bits per heavy atom. The van der Waals surface area contributed by atoms with E-state index in [-0.39, 0.29) is 0 Å². The van der Waals surface area contributed by atoms with Crippen molar-refractivity contribution in [1.29, 1.82) is 0 Å². The number of unbranched alkanes of at least 4 members (excludes halogenated alkanes) is 1. The average molecular weight is 248 g/mol. The van der Waals surface area contributed by atoms with Crippen molar-refractivity contribution in [2.45, 2.75) is 40.2 Å². The van der Waals surface area contributed by atoms with Crippen LogP contribution in [0.25, 0.3) is 0 Å². The number of hydrogen-bond acceptors (Lipinski definition) is 2. The second-order valence-electron chi connectivity index (χ2n) is 4.84. The van der Waals surface area contributed by atoms with E-state index in [1.54, 1.807) is 0 Å². The van der Waals surface area contributed by atoms with Gasteiger partial charge in [0.25, 0.3) is 0 Å². The van der Waals surface area contributed by atoms with Crippen LogP contribution in [0.2, 0.25) is 0 Å². The van der Waals surface area contributed by atoms with Crippen molar-refractivity contribution in [3.8, 4) is 0 Å². The smallest absolute Gasteiger partial charge is 0.0208 e. The number of nitrogens with zero attached hydrogens (tertiary/aromatic N) is 1. The van der Waals surface area contributed by atoms with Crippen LogP contribution in [0.5, 0.6) is 0 Å². The molecule has 0 saturated carbocycles. The Morgan fingerprint density at radius 1 is 1.06 bits per heavy atom. The summed E-state index contributed by atoms with van der Waals surface area (Å²) in [6.45, 7) is 12.4. The molecular formula is C16H28N2. The van der Waals surface area contributed by atoms with E-state index >= 15 is 0 Å². The Labute approximate surface area is 112 Å². The minimum Gasteiger partial charge on any atom is -0.313 e. The molecular weight excluding hydrogens is 220 g/mol. The molecule has 0 fully saturated rings. The van der Waals surface area contributed by atoms with E-state index in [1.807, 2.05) is 0 Å². The molecule has 0 radical (unpaired) electrons. The second-order valence-corrected chi connectivity index (χ2v) is 4.84. The van der Waals surface area contributed by atoms with Gasteiger partial charge in [0.2, 0.25) is 0 Å². The topological polar surface area (TPSA) is 15.3 Å². The molecule has 1 rings (SSSR count). The predicted octanol–water partition coefficient (Wildman–Crippen LogP) is 3.21. The first-order valence-corrected chi connectivity index (χ1v) is 7.25. The number of rotatable bonds is 9. The fraction of sp³-hybridized carbons (Fsp3) is 0.625. The fourth-order valence-electron chi connectivity index (χ4n) is 2.16. The van der Waals surface area contributed by atoms with Crippen LogP contribution in [0.4, 0.5) is 0 Å². The first-order chi connectivity index (χ1) is 8.77. The molecule has 102 valence electrons. The molecule has 1 aromatic carbocycles. The van der Waals surface area contributed by atoms with Gasteiger partial charge in [-0.1, -0.05) is 38.1 Å². The van der Waals surface area contributed by atoms with Crippen LogP contribution in [-0.4, -0.2) is 31.1 Å². The highest BCUT2D eigenvalue weighted by Crippen LogP contribution is 2.06. The van der Waals surface area contributed by atoms with Crippen LogP contribution in [0.3, 0.4) is 0 Å². The van der Waals surface area contributed by atoms with E-state index in [0.717, 1.165) is 13.1 Å². The van der Waals surface area contributed by atoms with Gasteiger partial charge in [-0.25, -0.2) is 0 Å². The molecule has 0 atom stereocenters. The maximum atomic E-state index is 3.53. The third-order valence-electron chi connectivity index (χ3n) is 3.55. The molecule has 2 nitrogen and oxygen atoms in total. The molecule has 0 heterocycles. The van der Waals surface area contributed by atoms with Crippen LogP contribution in [-0.2, 0) is 6.54 Å². The summed E-state index contributed by atoms with van der Waals surface area (Å²) in [7, 11) is 0. The maximum absolute atomic E-state index is 3.53. The molecule has 0 aliphatic heterocycles. The lowest BCUT2D eigenvalue weighted by Gasteiger charge is -2.17. The highest BCUT2D eigenvalue weighted by atomic mass is 15.1. The van der Waals surface area contributed by atoms with Gasteiger partial charge in [0.1, 0.15) is 0 Å². The van der Waals surface area contributed by atoms with Gasteiger partial charge < -0.3 is 10.2 Å². The van der Waals surface area contributed by atoms with Crippen LogP contribution in [0, 0.1) is 6.92 Å². The largest absolute Gasteiger partial charge is 0.313 e. The summed E-state index contributed by atoms with van der Waals surface area (Å²) in [6.07, 6.45) is 2.56. The summed E-state index contributed by atoms with van der Waals surface area (Å²) in [4.78, 5) is 2.49. The normalized spacial score (nSPS) is 11.1. The molecule has 0 bridgehead atoms. The number of benzene rings is 1.